The van der Waals surface area contributed by atoms with E-state index in [2.05, 4.69) is 0 Å². The summed E-state index contributed by atoms with van der Waals surface area (Å²) in [5.41, 5.74) is 2.77. The molecule has 2 aromatic rings. The molecule has 4 rings (SSSR count). The van der Waals surface area contributed by atoms with Crippen molar-refractivity contribution < 1.29 is 28.8 Å². The van der Waals surface area contributed by atoms with Crippen LogP contribution in [0.4, 0.5) is 0 Å². The van der Waals surface area contributed by atoms with Gasteiger partial charge in [0.25, 0.3) is 0 Å². The van der Waals surface area contributed by atoms with Crippen molar-refractivity contribution in [3.05, 3.63) is 58.1 Å². The number of rotatable bonds is 7. The fourth-order valence-electron chi connectivity index (χ4n) is 4.05. The molecule has 0 unspecified atom stereocenters. The lowest BCUT2D eigenvalue weighted by atomic mass is 9.94. The lowest BCUT2D eigenvalue weighted by molar-refractivity contribution is -0.139. The predicted molar refractivity (Wildman–Crippen MR) is 116 cm³/mol. The first-order chi connectivity index (χ1) is 15.1. The molecule has 2 fully saturated rings. The van der Waals surface area contributed by atoms with Gasteiger partial charge in [-0.2, -0.15) is 0 Å². The van der Waals surface area contributed by atoms with Crippen LogP contribution in [0, 0.1) is 0 Å². The molecule has 2 aromatic carbocycles. The molecule has 1 N–H and O–H groups in total. The molecule has 166 valence electrons. The van der Waals surface area contributed by atoms with Gasteiger partial charge in [0.05, 0.1) is 39.1 Å². The van der Waals surface area contributed by atoms with Crippen LogP contribution in [0.5, 0.6) is 11.5 Å². The number of aliphatic hydroxyl groups is 1. The second kappa shape index (κ2) is 10.0. The van der Waals surface area contributed by atoms with Crippen molar-refractivity contribution >= 4 is 17.4 Å². The second-order valence-corrected chi connectivity index (χ2v) is 8.39. The summed E-state index contributed by atoms with van der Waals surface area (Å²) in [6.07, 6.45) is 1.18. The first-order valence-electron chi connectivity index (χ1n) is 10.5. The zero-order valence-electron chi connectivity index (χ0n) is 17.5. The Labute approximate surface area is 187 Å². The molecule has 0 saturated carbocycles. The van der Waals surface area contributed by atoms with Crippen LogP contribution >= 0.6 is 11.6 Å². The summed E-state index contributed by atoms with van der Waals surface area (Å²) in [5.74, 6) is 1.47. The number of carbonyl (C=O) groups is 1. The van der Waals surface area contributed by atoms with E-state index in [1.165, 1.54) is 0 Å². The van der Waals surface area contributed by atoms with Gasteiger partial charge in [-0.15, -0.1) is 0 Å². The first-order valence-corrected chi connectivity index (χ1v) is 10.9. The summed E-state index contributed by atoms with van der Waals surface area (Å²) in [6, 6.07) is 11.7. The Morgan fingerprint density at radius 1 is 1.19 bits per heavy atom. The third kappa shape index (κ3) is 5.39. The largest absolute Gasteiger partial charge is 0.496 e. The van der Waals surface area contributed by atoms with Gasteiger partial charge in [0.1, 0.15) is 23.4 Å². The molecule has 2 heterocycles. The van der Waals surface area contributed by atoms with Gasteiger partial charge in [-0.05, 0) is 41.8 Å². The average Bonchev–Trinajstić information content (AvgIpc) is 3.28. The highest BCUT2D eigenvalue weighted by Crippen LogP contribution is 2.38. The Morgan fingerprint density at radius 3 is 2.68 bits per heavy atom. The molecular weight excluding hydrogens is 420 g/mol. The fraction of sp³-hybridized carbons (Fsp3) is 0.458. The number of halogens is 1. The summed E-state index contributed by atoms with van der Waals surface area (Å²) < 4.78 is 22.7. The Kier molecular flexibility index (Phi) is 7.13. The summed E-state index contributed by atoms with van der Waals surface area (Å²) in [6.45, 7) is 1.19. The molecule has 0 radical (unpaired) electrons. The lowest BCUT2D eigenvalue weighted by Gasteiger charge is -2.29. The highest BCUT2D eigenvalue weighted by atomic mass is 35.5. The number of hydrogen-bond donors (Lipinski definition) is 1. The number of aliphatic hydroxyl groups excluding tert-OH is 1. The maximum Gasteiger partial charge on any atom is 0.138 e. The predicted octanol–water partition coefficient (Wildman–Crippen LogP) is 3.89. The molecular formula is C24H27ClO6. The van der Waals surface area contributed by atoms with Gasteiger partial charge in [0.15, 0.2) is 0 Å². The van der Waals surface area contributed by atoms with Gasteiger partial charge in [-0.25, -0.2) is 0 Å². The van der Waals surface area contributed by atoms with E-state index in [-0.39, 0.29) is 31.3 Å². The summed E-state index contributed by atoms with van der Waals surface area (Å²) in [4.78, 5) is 12.1. The van der Waals surface area contributed by atoms with Crippen LogP contribution in [0.2, 0.25) is 5.02 Å². The van der Waals surface area contributed by atoms with Crippen molar-refractivity contribution in [2.24, 2.45) is 0 Å². The van der Waals surface area contributed by atoms with Crippen LogP contribution in [0.15, 0.2) is 36.4 Å². The normalized spacial score (nSPS) is 23.7. The van der Waals surface area contributed by atoms with Gasteiger partial charge in [0, 0.05) is 29.8 Å². The Morgan fingerprint density at radius 2 is 2.00 bits per heavy atom. The lowest BCUT2D eigenvalue weighted by Crippen LogP contribution is -2.31. The zero-order chi connectivity index (χ0) is 21.8. The molecule has 31 heavy (non-hydrogen) atoms. The summed E-state index contributed by atoms with van der Waals surface area (Å²) in [7, 11) is 1.57. The van der Waals surface area contributed by atoms with E-state index in [1.54, 1.807) is 13.2 Å². The van der Waals surface area contributed by atoms with E-state index in [4.69, 9.17) is 30.5 Å². The van der Waals surface area contributed by atoms with E-state index >= 15 is 0 Å². The van der Waals surface area contributed by atoms with Crippen LogP contribution in [-0.2, 0) is 20.7 Å². The van der Waals surface area contributed by atoms with Crippen LogP contribution in [-0.4, -0.2) is 50.0 Å². The number of ketones is 1. The maximum absolute atomic E-state index is 12.1. The van der Waals surface area contributed by atoms with E-state index < -0.39 is 12.2 Å². The van der Waals surface area contributed by atoms with E-state index in [0.717, 1.165) is 35.5 Å². The number of Topliss-reactive ketones (excluding diaryl/α,β-unsaturated/α-hetero) is 1. The second-order valence-electron chi connectivity index (χ2n) is 7.99. The standard InChI is InChI=1S/C24H27ClO6/c1-28-23-12-22(25)16(9-21(23)24-11-17(27)10-20(13-26)31-24)8-15-2-4-18(5-3-15)30-19-6-7-29-14-19/h2-5,9,12,19-20,24,26H,6-8,10-11,13-14H2,1H3/t19-,20-,24+/m0/s1. The van der Waals surface area contributed by atoms with E-state index in [9.17, 15) is 9.90 Å². The van der Waals surface area contributed by atoms with Crippen LogP contribution in [0.1, 0.15) is 42.1 Å². The number of ether oxygens (including phenoxy) is 4. The van der Waals surface area contributed by atoms with E-state index in [1.807, 2.05) is 30.3 Å². The molecule has 0 bridgehead atoms. The Hall–Kier alpha value is -2.12. The smallest absolute Gasteiger partial charge is 0.138 e. The van der Waals surface area contributed by atoms with Crippen molar-refractivity contribution in [3.8, 4) is 11.5 Å². The molecule has 3 atom stereocenters. The minimum atomic E-state index is -0.493. The van der Waals surface area contributed by atoms with Crippen molar-refractivity contribution in [3.63, 3.8) is 0 Å². The van der Waals surface area contributed by atoms with Crippen LogP contribution in [0.3, 0.4) is 0 Å². The Balaban J connectivity index is 1.53. The van der Waals surface area contributed by atoms with Crippen molar-refractivity contribution in [2.75, 3.05) is 26.9 Å². The van der Waals surface area contributed by atoms with Gasteiger partial charge >= 0.3 is 0 Å². The third-order valence-electron chi connectivity index (χ3n) is 5.68. The Bertz CT molecular complexity index is 907. The van der Waals surface area contributed by atoms with Gasteiger partial charge < -0.3 is 24.1 Å². The molecule has 2 aliphatic heterocycles. The maximum atomic E-state index is 12.1. The average molecular weight is 447 g/mol. The molecule has 6 nitrogen and oxygen atoms in total. The third-order valence-corrected chi connectivity index (χ3v) is 6.03. The first kappa shape index (κ1) is 22.1. The topological polar surface area (TPSA) is 74.2 Å². The fourth-order valence-corrected chi connectivity index (χ4v) is 4.27. The highest BCUT2D eigenvalue weighted by Gasteiger charge is 2.31. The summed E-state index contributed by atoms with van der Waals surface area (Å²) >= 11 is 6.53. The molecule has 0 amide bonds. The van der Waals surface area contributed by atoms with Crippen molar-refractivity contribution in [2.45, 2.75) is 44.0 Å². The van der Waals surface area contributed by atoms with Crippen molar-refractivity contribution in [1.29, 1.82) is 0 Å². The molecule has 2 saturated heterocycles. The van der Waals surface area contributed by atoms with Gasteiger partial charge in [-0.3, -0.25) is 4.79 Å². The monoisotopic (exact) mass is 446 g/mol. The number of hydrogen-bond acceptors (Lipinski definition) is 6. The zero-order valence-corrected chi connectivity index (χ0v) is 18.3. The van der Waals surface area contributed by atoms with Crippen LogP contribution in [0.25, 0.3) is 0 Å². The van der Waals surface area contributed by atoms with Gasteiger partial charge in [-0.1, -0.05) is 23.7 Å². The molecule has 0 spiro atoms. The molecule has 0 aliphatic carbocycles. The SMILES string of the molecule is COc1cc(Cl)c(Cc2ccc(O[C@H]3CCOC3)cc2)cc1[C@H]1CC(=O)C[C@@H](CO)O1. The molecule has 0 aromatic heterocycles. The molecule has 7 heteroatoms. The minimum Gasteiger partial charge on any atom is -0.496 e. The number of methoxy groups -OCH3 is 1. The van der Waals surface area contributed by atoms with Crippen LogP contribution < -0.4 is 9.47 Å². The number of benzene rings is 2. The quantitative estimate of drug-likeness (QED) is 0.695. The minimum absolute atomic E-state index is 0.0668. The summed E-state index contributed by atoms with van der Waals surface area (Å²) in [5, 5.41) is 10.0. The number of carbonyl (C=O) groups excluding carboxylic acids is 1. The molecule has 2 aliphatic rings. The van der Waals surface area contributed by atoms with Gasteiger partial charge in [0.2, 0.25) is 0 Å². The highest BCUT2D eigenvalue weighted by molar-refractivity contribution is 6.31. The van der Waals surface area contributed by atoms with E-state index in [0.29, 0.717) is 23.8 Å². The van der Waals surface area contributed by atoms with Crippen molar-refractivity contribution in [1.82, 2.24) is 0 Å².